The largest absolute Gasteiger partial charge is 0.492 e. The molecule has 1 saturated heterocycles. The molecule has 0 N–H and O–H groups in total. The van der Waals surface area contributed by atoms with Crippen LogP contribution in [0.3, 0.4) is 0 Å². The van der Waals surface area contributed by atoms with E-state index in [0.29, 0.717) is 5.92 Å². The third kappa shape index (κ3) is 3.71. The van der Waals surface area contributed by atoms with Crippen molar-refractivity contribution in [2.24, 2.45) is 5.92 Å². The molecule has 1 aromatic rings. The minimum Gasteiger partial charge on any atom is -0.492 e. The second-order valence-corrected chi connectivity index (χ2v) is 5.42. The molecule has 0 saturated carbocycles. The van der Waals surface area contributed by atoms with E-state index in [1.165, 1.54) is 0 Å². The van der Waals surface area contributed by atoms with Crippen LogP contribution in [0, 0.1) is 9.49 Å². The van der Waals surface area contributed by atoms with Gasteiger partial charge in [0, 0.05) is 13.2 Å². The van der Waals surface area contributed by atoms with Crippen molar-refractivity contribution in [3.05, 3.63) is 33.9 Å². The predicted molar refractivity (Wildman–Crippen MR) is 78.3 cm³/mol. The van der Waals surface area contributed by atoms with Gasteiger partial charge in [0.15, 0.2) is 0 Å². The standard InChI is InChI=1S/C14H17IO2/c1-2-11-3-4-14(13(15)9-11)17-10-12-5-7-16-8-6-12/h2-4,9,12H,1,5-8,10H2. The highest BCUT2D eigenvalue weighted by Gasteiger charge is 2.14. The Morgan fingerprint density at radius 1 is 1.41 bits per heavy atom. The summed E-state index contributed by atoms with van der Waals surface area (Å²) in [6, 6.07) is 6.15. The van der Waals surface area contributed by atoms with Crippen molar-refractivity contribution in [2.75, 3.05) is 19.8 Å². The van der Waals surface area contributed by atoms with E-state index in [1.807, 2.05) is 18.2 Å². The molecule has 3 heteroatoms. The molecular weight excluding hydrogens is 327 g/mol. The van der Waals surface area contributed by atoms with E-state index < -0.39 is 0 Å². The van der Waals surface area contributed by atoms with Crippen LogP contribution in [-0.2, 0) is 4.74 Å². The molecule has 1 fully saturated rings. The molecule has 0 amide bonds. The maximum absolute atomic E-state index is 5.88. The van der Waals surface area contributed by atoms with Gasteiger partial charge < -0.3 is 9.47 Å². The van der Waals surface area contributed by atoms with Crippen LogP contribution in [0.5, 0.6) is 5.75 Å². The van der Waals surface area contributed by atoms with E-state index in [9.17, 15) is 0 Å². The molecule has 1 aromatic carbocycles. The summed E-state index contributed by atoms with van der Waals surface area (Å²) in [4.78, 5) is 0. The Morgan fingerprint density at radius 3 is 2.82 bits per heavy atom. The van der Waals surface area contributed by atoms with Crippen LogP contribution in [0.15, 0.2) is 24.8 Å². The highest BCUT2D eigenvalue weighted by molar-refractivity contribution is 14.1. The molecule has 1 aliphatic heterocycles. The molecule has 0 atom stereocenters. The zero-order valence-electron chi connectivity index (χ0n) is 9.82. The number of rotatable bonds is 4. The Labute approximate surface area is 116 Å². The number of halogens is 1. The van der Waals surface area contributed by atoms with Crippen LogP contribution in [-0.4, -0.2) is 19.8 Å². The highest BCUT2D eigenvalue weighted by atomic mass is 127. The van der Waals surface area contributed by atoms with Crippen molar-refractivity contribution in [1.82, 2.24) is 0 Å². The van der Waals surface area contributed by atoms with Crippen molar-refractivity contribution < 1.29 is 9.47 Å². The molecule has 17 heavy (non-hydrogen) atoms. The molecule has 0 spiro atoms. The molecular formula is C14H17IO2. The lowest BCUT2D eigenvalue weighted by atomic mass is 10.0. The number of benzene rings is 1. The molecule has 0 aliphatic carbocycles. The summed E-state index contributed by atoms with van der Waals surface area (Å²) in [7, 11) is 0. The fourth-order valence-corrected chi connectivity index (χ4v) is 2.58. The Morgan fingerprint density at radius 2 is 2.18 bits per heavy atom. The van der Waals surface area contributed by atoms with Gasteiger partial charge in [0.2, 0.25) is 0 Å². The summed E-state index contributed by atoms with van der Waals surface area (Å²) in [5.74, 6) is 1.61. The lowest BCUT2D eigenvalue weighted by Gasteiger charge is -2.22. The number of hydrogen-bond acceptors (Lipinski definition) is 2. The average Bonchev–Trinajstić information content (AvgIpc) is 2.38. The van der Waals surface area contributed by atoms with Gasteiger partial charge in [0.1, 0.15) is 5.75 Å². The van der Waals surface area contributed by atoms with Crippen molar-refractivity contribution in [1.29, 1.82) is 0 Å². The second-order valence-electron chi connectivity index (χ2n) is 4.26. The Balaban J connectivity index is 1.91. The molecule has 0 aromatic heterocycles. The van der Waals surface area contributed by atoms with Crippen LogP contribution in [0.2, 0.25) is 0 Å². The molecule has 92 valence electrons. The first kappa shape index (κ1) is 12.9. The topological polar surface area (TPSA) is 18.5 Å². The summed E-state index contributed by atoms with van der Waals surface area (Å²) in [6.07, 6.45) is 4.08. The summed E-state index contributed by atoms with van der Waals surface area (Å²) in [5.41, 5.74) is 1.13. The van der Waals surface area contributed by atoms with E-state index in [0.717, 1.165) is 47.5 Å². The number of ether oxygens (including phenoxy) is 2. The van der Waals surface area contributed by atoms with Crippen LogP contribution >= 0.6 is 22.6 Å². The maximum Gasteiger partial charge on any atom is 0.132 e. The first-order chi connectivity index (χ1) is 8.29. The molecule has 0 bridgehead atoms. The fraction of sp³-hybridized carbons (Fsp3) is 0.429. The first-order valence-electron chi connectivity index (χ1n) is 5.92. The molecule has 0 unspecified atom stereocenters. The van der Waals surface area contributed by atoms with Crippen LogP contribution in [0.25, 0.3) is 6.08 Å². The summed E-state index contributed by atoms with van der Waals surface area (Å²) >= 11 is 2.31. The smallest absolute Gasteiger partial charge is 0.132 e. The third-order valence-electron chi connectivity index (χ3n) is 3.01. The van der Waals surface area contributed by atoms with Crippen molar-refractivity contribution >= 4 is 28.7 Å². The molecule has 0 radical (unpaired) electrons. The lowest BCUT2D eigenvalue weighted by molar-refractivity contribution is 0.0496. The second kappa shape index (κ2) is 6.40. The minimum atomic E-state index is 0.638. The van der Waals surface area contributed by atoms with Gasteiger partial charge in [0.25, 0.3) is 0 Å². The highest BCUT2D eigenvalue weighted by Crippen LogP contribution is 2.24. The molecule has 2 rings (SSSR count). The zero-order valence-corrected chi connectivity index (χ0v) is 12.0. The molecule has 2 nitrogen and oxygen atoms in total. The van der Waals surface area contributed by atoms with E-state index in [1.54, 1.807) is 0 Å². The van der Waals surface area contributed by atoms with Gasteiger partial charge in [-0.1, -0.05) is 18.7 Å². The lowest BCUT2D eigenvalue weighted by Crippen LogP contribution is -2.21. The fourth-order valence-electron chi connectivity index (χ4n) is 1.88. The van der Waals surface area contributed by atoms with Gasteiger partial charge in [-0.25, -0.2) is 0 Å². The van der Waals surface area contributed by atoms with Crippen molar-refractivity contribution in [2.45, 2.75) is 12.8 Å². The average molecular weight is 344 g/mol. The third-order valence-corrected chi connectivity index (χ3v) is 3.85. The van der Waals surface area contributed by atoms with Crippen LogP contribution in [0.1, 0.15) is 18.4 Å². The van der Waals surface area contributed by atoms with E-state index in [2.05, 4.69) is 35.2 Å². The quantitative estimate of drug-likeness (QED) is 0.775. The Hall–Kier alpha value is -0.550. The zero-order chi connectivity index (χ0) is 12.1. The first-order valence-corrected chi connectivity index (χ1v) is 7.00. The van der Waals surface area contributed by atoms with Crippen molar-refractivity contribution in [3.63, 3.8) is 0 Å². The van der Waals surface area contributed by atoms with Gasteiger partial charge in [-0.2, -0.15) is 0 Å². The van der Waals surface area contributed by atoms with Gasteiger partial charge in [-0.05, 0) is 59.0 Å². The Kier molecular flexibility index (Phi) is 4.86. The summed E-state index contributed by atoms with van der Waals surface area (Å²) < 4.78 is 12.4. The van der Waals surface area contributed by atoms with E-state index >= 15 is 0 Å². The van der Waals surface area contributed by atoms with Gasteiger partial charge >= 0.3 is 0 Å². The van der Waals surface area contributed by atoms with Gasteiger partial charge in [-0.15, -0.1) is 0 Å². The predicted octanol–water partition coefficient (Wildman–Crippen LogP) is 3.74. The SMILES string of the molecule is C=Cc1ccc(OCC2CCOCC2)c(I)c1. The normalized spacial score (nSPS) is 16.8. The molecule has 1 aliphatic rings. The Bertz CT molecular complexity index is 384. The van der Waals surface area contributed by atoms with Crippen LogP contribution < -0.4 is 4.74 Å². The van der Waals surface area contributed by atoms with Gasteiger partial charge in [0.05, 0.1) is 10.2 Å². The molecule has 1 heterocycles. The summed E-state index contributed by atoms with van der Waals surface area (Å²) in [6.45, 7) is 6.31. The monoisotopic (exact) mass is 344 g/mol. The van der Waals surface area contributed by atoms with E-state index in [-0.39, 0.29) is 0 Å². The van der Waals surface area contributed by atoms with E-state index in [4.69, 9.17) is 9.47 Å². The maximum atomic E-state index is 5.88. The van der Waals surface area contributed by atoms with Gasteiger partial charge in [-0.3, -0.25) is 0 Å². The number of hydrogen-bond donors (Lipinski definition) is 0. The van der Waals surface area contributed by atoms with Crippen molar-refractivity contribution in [3.8, 4) is 5.75 Å². The summed E-state index contributed by atoms with van der Waals surface area (Å²) in [5, 5.41) is 0. The van der Waals surface area contributed by atoms with Crippen LogP contribution in [0.4, 0.5) is 0 Å². The minimum absolute atomic E-state index is 0.638.